The van der Waals surface area contributed by atoms with E-state index < -0.39 is 5.66 Å². The molecule has 2 N–H and O–H groups in total. The van der Waals surface area contributed by atoms with Crippen molar-refractivity contribution in [3.63, 3.8) is 0 Å². The second-order valence-corrected chi connectivity index (χ2v) is 16.0. The number of H-pyrrole nitrogens is 1. The Labute approximate surface area is 287 Å². The molecule has 1 aliphatic heterocycles. The predicted octanol–water partition coefficient (Wildman–Crippen LogP) is 7.34. The molecule has 1 aromatic heterocycles. The van der Waals surface area contributed by atoms with E-state index >= 15 is 0 Å². The standard InChI is InChI=1S/C35H45Cl2N7O3/c1-33(2,3)14-13-28(22-7-9-23(10-8-22)31(45)38-20-29-40-42-43-41-29)44-32(46)30(24-17-25(36)19-26(37)18-24)39-35(44)15-11-27(12-16-35)47-21-34(4,5)6/h7-10,17-19,27-28H,11-16,20-21H2,1-6H3,(H,38,45)(H,40,41,42,43). The quantitative estimate of drug-likeness (QED) is 0.231. The first kappa shape index (κ1) is 35.0. The molecule has 12 heteroatoms. The molecule has 1 unspecified atom stereocenters. The normalized spacial score (nSPS) is 20.9. The van der Waals surface area contributed by atoms with Crippen molar-refractivity contribution in [2.45, 2.75) is 104 Å². The number of carbonyl (C=O) groups excluding carboxylic acids is 2. The Kier molecular flexibility index (Phi) is 10.4. The van der Waals surface area contributed by atoms with Crippen molar-refractivity contribution in [3.8, 4) is 0 Å². The van der Waals surface area contributed by atoms with E-state index in [9.17, 15) is 9.59 Å². The van der Waals surface area contributed by atoms with Gasteiger partial charge in [-0.15, -0.1) is 10.2 Å². The molecular formula is C35H45Cl2N7O3. The third-order valence-corrected chi connectivity index (χ3v) is 9.08. The lowest BCUT2D eigenvalue weighted by Crippen LogP contribution is -2.51. The van der Waals surface area contributed by atoms with Crippen molar-refractivity contribution < 1.29 is 14.3 Å². The first-order chi connectivity index (χ1) is 22.1. The summed E-state index contributed by atoms with van der Waals surface area (Å²) in [5.74, 6) is 0.00181. The Balaban J connectivity index is 1.48. The number of carbonyl (C=O) groups is 2. The van der Waals surface area contributed by atoms with Crippen LogP contribution in [0.3, 0.4) is 0 Å². The molecule has 0 bridgehead atoms. The molecular weight excluding hydrogens is 637 g/mol. The van der Waals surface area contributed by atoms with Crippen LogP contribution < -0.4 is 5.32 Å². The highest BCUT2D eigenvalue weighted by atomic mass is 35.5. The monoisotopic (exact) mass is 681 g/mol. The Morgan fingerprint density at radius 1 is 1.04 bits per heavy atom. The second kappa shape index (κ2) is 14.0. The van der Waals surface area contributed by atoms with Gasteiger partial charge in [0.1, 0.15) is 11.4 Å². The average Bonchev–Trinajstić information content (AvgIpc) is 3.61. The van der Waals surface area contributed by atoms with Gasteiger partial charge < -0.3 is 15.0 Å². The molecule has 0 radical (unpaired) electrons. The summed E-state index contributed by atoms with van der Waals surface area (Å²) in [7, 11) is 0. The number of ether oxygens (including phenoxy) is 1. The Morgan fingerprint density at radius 3 is 2.28 bits per heavy atom. The van der Waals surface area contributed by atoms with Crippen molar-refractivity contribution in [1.29, 1.82) is 0 Å². The number of nitrogens with zero attached hydrogens (tertiary/aromatic N) is 5. The molecule has 1 fully saturated rings. The Bertz CT molecular complexity index is 1570. The number of amides is 2. The zero-order chi connectivity index (χ0) is 34.0. The summed E-state index contributed by atoms with van der Waals surface area (Å²) < 4.78 is 6.33. The van der Waals surface area contributed by atoms with Crippen LogP contribution in [0.15, 0.2) is 47.5 Å². The molecule has 47 heavy (non-hydrogen) atoms. The van der Waals surface area contributed by atoms with Crippen LogP contribution in [0.5, 0.6) is 0 Å². The number of aromatic amines is 1. The molecule has 0 saturated heterocycles. The van der Waals surface area contributed by atoms with Gasteiger partial charge in [0.15, 0.2) is 5.82 Å². The SMILES string of the molecule is CC(C)(C)CCC(c1ccc(C(=O)NCc2nn[nH]n2)cc1)N1C(=O)C(c2cc(Cl)cc(Cl)c2)=NC12CCC(OCC(C)(C)C)CC2. The van der Waals surface area contributed by atoms with Gasteiger partial charge in [0.05, 0.1) is 25.3 Å². The van der Waals surface area contributed by atoms with Crippen molar-refractivity contribution >= 4 is 40.7 Å². The Hall–Kier alpha value is -3.34. The summed E-state index contributed by atoms with van der Waals surface area (Å²) >= 11 is 12.8. The summed E-state index contributed by atoms with van der Waals surface area (Å²) in [6.45, 7) is 14.0. The van der Waals surface area contributed by atoms with Crippen LogP contribution in [0.2, 0.25) is 10.0 Å². The number of hydrogen-bond donors (Lipinski definition) is 2. The fraction of sp³-hybridized carbons (Fsp3) is 0.543. The largest absolute Gasteiger partial charge is 0.378 e. The Morgan fingerprint density at radius 2 is 1.70 bits per heavy atom. The number of tetrazole rings is 1. The second-order valence-electron chi connectivity index (χ2n) is 15.1. The first-order valence-electron chi connectivity index (χ1n) is 16.2. The van der Waals surface area contributed by atoms with Gasteiger partial charge in [0.2, 0.25) is 0 Å². The molecule has 2 aromatic carbocycles. The highest BCUT2D eigenvalue weighted by Crippen LogP contribution is 2.47. The zero-order valence-corrected chi connectivity index (χ0v) is 29.6. The molecule has 2 aliphatic rings. The maximum absolute atomic E-state index is 14.6. The number of benzene rings is 2. The van der Waals surface area contributed by atoms with Crippen LogP contribution in [0.1, 0.15) is 113 Å². The lowest BCUT2D eigenvalue weighted by molar-refractivity contribution is -0.135. The van der Waals surface area contributed by atoms with Crippen LogP contribution in [0, 0.1) is 10.8 Å². The molecule has 252 valence electrons. The number of nitrogens with one attached hydrogen (secondary N) is 2. The smallest absolute Gasteiger partial charge is 0.275 e. The summed E-state index contributed by atoms with van der Waals surface area (Å²) in [6.07, 6.45) is 4.64. The summed E-state index contributed by atoms with van der Waals surface area (Å²) in [6, 6.07) is 12.4. The summed E-state index contributed by atoms with van der Waals surface area (Å²) in [4.78, 5) is 34.8. The van der Waals surface area contributed by atoms with E-state index in [1.54, 1.807) is 30.3 Å². The molecule has 3 aromatic rings. The third kappa shape index (κ3) is 8.77. The topological polar surface area (TPSA) is 125 Å². The van der Waals surface area contributed by atoms with Gasteiger partial charge in [0, 0.05) is 21.2 Å². The lowest BCUT2D eigenvalue weighted by atomic mass is 9.82. The van der Waals surface area contributed by atoms with Crippen molar-refractivity contribution in [2.24, 2.45) is 15.8 Å². The zero-order valence-electron chi connectivity index (χ0n) is 28.1. The van der Waals surface area contributed by atoms with Crippen molar-refractivity contribution in [3.05, 3.63) is 75.0 Å². The molecule has 1 spiro atoms. The van der Waals surface area contributed by atoms with Gasteiger partial charge >= 0.3 is 0 Å². The van der Waals surface area contributed by atoms with E-state index in [2.05, 4.69) is 67.5 Å². The van der Waals surface area contributed by atoms with E-state index in [-0.39, 0.29) is 41.3 Å². The van der Waals surface area contributed by atoms with E-state index in [1.165, 1.54) is 0 Å². The lowest BCUT2D eigenvalue weighted by Gasteiger charge is -2.46. The van der Waals surface area contributed by atoms with Crippen LogP contribution >= 0.6 is 23.2 Å². The summed E-state index contributed by atoms with van der Waals surface area (Å²) in [5.41, 5.74) is 1.79. The van der Waals surface area contributed by atoms with Crippen molar-refractivity contribution in [1.82, 2.24) is 30.8 Å². The van der Waals surface area contributed by atoms with Gasteiger partial charge in [-0.2, -0.15) is 5.21 Å². The molecule has 1 saturated carbocycles. The van der Waals surface area contributed by atoms with Crippen molar-refractivity contribution in [2.75, 3.05) is 6.61 Å². The molecule has 2 heterocycles. The highest BCUT2D eigenvalue weighted by molar-refractivity contribution is 6.47. The van der Waals surface area contributed by atoms with E-state index in [0.717, 1.165) is 31.2 Å². The van der Waals surface area contributed by atoms with Crippen LogP contribution in [0.25, 0.3) is 0 Å². The van der Waals surface area contributed by atoms with Gasteiger partial charge in [-0.05, 0) is 85.3 Å². The van der Waals surface area contributed by atoms with Gasteiger partial charge in [-0.25, -0.2) is 0 Å². The first-order valence-corrected chi connectivity index (χ1v) is 17.0. The molecule has 5 rings (SSSR count). The molecule has 1 aliphatic carbocycles. The number of hydrogen-bond acceptors (Lipinski definition) is 7. The van der Waals surface area contributed by atoms with Crippen LogP contribution in [0.4, 0.5) is 0 Å². The van der Waals surface area contributed by atoms with Crippen LogP contribution in [-0.2, 0) is 16.1 Å². The molecule has 2 amide bonds. The van der Waals surface area contributed by atoms with Crippen LogP contribution in [-0.4, -0.2) is 61.4 Å². The van der Waals surface area contributed by atoms with E-state index in [4.69, 9.17) is 32.9 Å². The van der Waals surface area contributed by atoms with E-state index in [0.29, 0.717) is 52.2 Å². The minimum atomic E-state index is -0.744. The number of rotatable bonds is 10. The maximum Gasteiger partial charge on any atom is 0.275 e. The third-order valence-electron chi connectivity index (χ3n) is 8.64. The van der Waals surface area contributed by atoms with Gasteiger partial charge in [-0.3, -0.25) is 14.6 Å². The predicted molar refractivity (Wildman–Crippen MR) is 183 cm³/mol. The van der Waals surface area contributed by atoms with E-state index in [1.807, 2.05) is 17.0 Å². The highest BCUT2D eigenvalue weighted by Gasteiger charge is 2.52. The number of aromatic nitrogens is 4. The fourth-order valence-corrected chi connectivity index (χ4v) is 6.78. The van der Waals surface area contributed by atoms with Gasteiger partial charge in [-0.1, -0.05) is 82.1 Å². The fourth-order valence-electron chi connectivity index (χ4n) is 6.25. The minimum absolute atomic E-state index is 0.0335. The number of aliphatic imine (C=N–C) groups is 1. The molecule has 1 atom stereocenters. The summed E-state index contributed by atoms with van der Waals surface area (Å²) in [5, 5.41) is 17.4. The number of halogens is 2. The van der Waals surface area contributed by atoms with Gasteiger partial charge in [0.25, 0.3) is 11.8 Å². The molecule has 10 nitrogen and oxygen atoms in total. The average molecular weight is 683 g/mol. The minimum Gasteiger partial charge on any atom is -0.378 e. The maximum atomic E-state index is 14.6.